The molecule has 0 aliphatic rings. The minimum atomic E-state index is -0.585. The Morgan fingerprint density at radius 1 is 1.59 bits per heavy atom. The number of nitriles is 1. The molecule has 3 N–H and O–H groups in total. The van der Waals surface area contributed by atoms with Gasteiger partial charge in [-0.3, -0.25) is 5.32 Å². The van der Waals surface area contributed by atoms with E-state index in [0.717, 1.165) is 0 Å². The molecule has 0 atom stereocenters. The van der Waals surface area contributed by atoms with Gasteiger partial charge in [-0.25, -0.2) is 4.79 Å². The van der Waals surface area contributed by atoms with Crippen LogP contribution in [0.4, 0.5) is 10.5 Å². The highest BCUT2D eigenvalue weighted by molar-refractivity contribution is 5.84. The van der Waals surface area contributed by atoms with Crippen molar-refractivity contribution < 1.29 is 9.53 Å². The first kappa shape index (κ1) is 13.0. The van der Waals surface area contributed by atoms with Gasteiger partial charge in [0.25, 0.3) is 0 Å². The van der Waals surface area contributed by atoms with Crippen LogP contribution in [0.3, 0.4) is 0 Å². The molecule has 0 heterocycles. The van der Waals surface area contributed by atoms with E-state index in [2.05, 4.69) is 5.32 Å². The lowest BCUT2D eigenvalue weighted by Gasteiger charge is -2.18. The van der Waals surface area contributed by atoms with E-state index in [9.17, 15) is 4.79 Å². The SMILES string of the molecule is CC(C)(N)COC(=O)Nc1cccc(C#N)c1. The third-order valence-electron chi connectivity index (χ3n) is 1.81. The zero-order valence-electron chi connectivity index (χ0n) is 9.86. The number of rotatable bonds is 3. The van der Waals surface area contributed by atoms with Crippen LogP contribution < -0.4 is 11.1 Å². The van der Waals surface area contributed by atoms with Gasteiger partial charge >= 0.3 is 6.09 Å². The Hall–Kier alpha value is -2.06. The lowest BCUT2D eigenvalue weighted by atomic mass is 10.1. The van der Waals surface area contributed by atoms with Gasteiger partial charge in [-0.1, -0.05) is 6.07 Å². The minimum absolute atomic E-state index is 0.122. The third-order valence-corrected chi connectivity index (χ3v) is 1.81. The molecule has 1 aromatic rings. The number of hydrogen-bond donors (Lipinski definition) is 2. The lowest BCUT2D eigenvalue weighted by Crippen LogP contribution is -2.38. The van der Waals surface area contributed by atoms with Gasteiger partial charge in [-0.2, -0.15) is 5.26 Å². The first-order valence-corrected chi connectivity index (χ1v) is 5.13. The maximum absolute atomic E-state index is 11.4. The topological polar surface area (TPSA) is 88.1 Å². The average Bonchev–Trinajstić information content (AvgIpc) is 2.26. The van der Waals surface area contributed by atoms with Crippen molar-refractivity contribution in [3.05, 3.63) is 29.8 Å². The van der Waals surface area contributed by atoms with Crippen molar-refractivity contribution in [2.24, 2.45) is 5.73 Å². The number of carbonyl (C=O) groups excluding carboxylic acids is 1. The van der Waals surface area contributed by atoms with Crippen molar-refractivity contribution in [1.29, 1.82) is 5.26 Å². The molecule has 17 heavy (non-hydrogen) atoms. The summed E-state index contributed by atoms with van der Waals surface area (Å²) in [5.74, 6) is 0. The molecule has 0 spiro atoms. The summed E-state index contributed by atoms with van der Waals surface area (Å²) in [4.78, 5) is 11.4. The summed E-state index contributed by atoms with van der Waals surface area (Å²) in [7, 11) is 0. The molecule has 0 radical (unpaired) electrons. The van der Waals surface area contributed by atoms with Gasteiger partial charge < -0.3 is 10.5 Å². The Morgan fingerprint density at radius 2 is 2.29 bits per heavy atom. The molecule has 0 aromatic heterocycles. The maximum Gasteiger partial charge on any atom is 0.411 e. The summed E-state index contributed by atoms with van der Waals surface area (Å²) in [6, 6.07) is 8.56. The summed E-state index contributed by atoms with van der Waals surface area (Å²) < 4.78 is 4.93. The van der Waals surface area contributed by atoms with Crippen LogP contribution in [0.2, 0.25) is 0 Å². The molecule has 1 aromatic carbocycles. The van der Waals surface area contributed by atoms with E-state index in [1.165, 1.54) is 0 Å². The number of benzene rings is 1. The van der Waals surface area contributed by atoms with Crippen LogP contribution in [-0.4, -0.2) is 18.2 Å². The standard InChI is InChI=1S/C12H15N3O2/c1-12(2,14)8-17-11(16)15-10-5-3-4-9(6-10)7-13/h3-6H,8,14H2,1-2H3,(H,15,16). The molecule has 1 amide bonds. The Kier molecular flexibility index (Phi) is 4.07. The van der Waals surface area contributed by atoms with Gasteiger partial charge in [-0.05, 0) is 32.0 Å². The highest BCUT2D eigenvalue weighted by atomic mass is 16.5. The Morgan fingerprint density at radius 3 is 2.88 bits per heavy atom. The fourth-order valence-electron chi connectivity index (χ4n) is 1.07. The lowest BCUT2D eigenvalue weighted by molar-refractivity contribution is 0.138. The predicted molar refractivity (Wildman–Crippen MR) is 64.4 cm³/mol. The van der Waals surface area contributed by atoms with Crippen molar-refractivity contribution >= 4 is 11.8 Å². The minimum Gasteiger partial charge on any atom is -0.447 e. The second-order valence-corrected chi connectivity index (χ2v) is 4.38. The number of nitrogens with zero attached hydrogens (tertiary/aromatic N) is 1. The summed E-state index contributed by atoms with van der Waals surface area (Å²) in [6.45, 7) is 3.64. The summed E-state index contributed by atoms with van der Waals surface area (Å²) >= 11 is 0. The van der Waals surface area contributed by atoms with Gasteiger partial charge in [0, 0.05) is 11.2 Å². The predicted octanol–water partition coefficient (Wildman–Crippen LogP) is 1.84. The molecular weight excluding hydrogens is 218 g/mol. The van der Waals surface area contributed by atoms with E-state index in [1.54, 1.807) is 38.1 Å². The number of carbonyl (C=O) groups is 1. The fourth-order valence-corrected chi connectivity index (χ4v) is 1.07. The van der Waals surface area contributed by atoms with Gasteiger partial charge in [0.05, 0.1) is 11.6 Å². The molecule has 0 unspecified atom stereocenters. The van der Waals surface area contributed by atoms with Crippen molar-refractivity contribution in [1.82, 2.24) is 0 Å². The molecule has 90 valence electrons. The molecule has 0 saturated heterocycles. The second-order valence-electron chi connectivity index (χ2n) is 4.38. The number of ether oxygens (including phenoxy) is 1. The van der Waals surface area contributed by atoms with Crippen LogP contribution >= 0.6 is 0 Å². The Labute approximate surface area is 100 Å². The molecule has 0 fully saturated rings. The van der Waals surface area contributed by atoms with Crippen LogP contribution in [0, 0.1) is 11.3 Å². The van der Waals surface area contributed by atoms with Crippen molar-refractivity contribution in [2.45, 2.75) is 19.4 Å². The van der Waals surface area contributed by atoms with E-state index in [0.29, 0.717) is 11.3 Å². The zero-order valence-corrected chi connectivity index (χ0v) is 9.86. The van der Waals surface area contributed by atoms with Gasteiger partial charge in [0.15, 0.2) is 0 Å². The number of hydrogen-bond acceptors (Lipinski definition) is 4. The first-order chi connectivity index (χ1) is 7.90. The van der Waals surface area contributed by atoms with Crippen LogP contribution in [0.15, 0.2) is 24.3 Å². The number of amides is 1. The van der Waals surface area contributed by atoms with E-state index in [1.807, 2.05) is 6.07 Å². The fraction of sp³-hybridized carbons (Fsp3) is 0.333. The van der Waals surface area contributed by atoms with Crippen LogP contribution in [0.5, 0.6) is 0 Å². The van der Waals surface area contributed by atoms with E-state index < -0.39 is 11.6 Å². The highest BCUT2D eigenvalue weighted by Crippen LogP contribution is 2.10. The largest absolute Gasteiger partial charge is 0.447 e. The molecule has 0 saturated carbocycles. The van der Waals surface area contributed by atoms with Crippen molar-refractivity contribution in [3.63, 3.8) is 0 Å². The molecular formula is C12H15N3O2. The Bertz CT molecular complexity index is 444. The first-order valence-electron chi connectivity index (χ1n) is 5.13. The van der Waals surface area contributed by atoms with Crippen LogP contribution in [-0.2, 0) is 4.74 Å². The zero-order chi connectivity index (χ0) is 12.9. The normalized spacial score (nSPS) is 10.5. The molecule has 5 nitrogen and oxygen atoms in total. The number of anilines is 1. The van der Waals surface area contributed by atoms with E-state index >= 15 is 0 Å². The van der Waals surface area contributed by atoms with Gasteiger partial charge in [0.1, 0.15) is 6.61 Å². The Balaban J connectivity index is 2.54. The second kappa shape index (κ2) is 5.32. The summed E-state index contributed by atoms with van der Waals surface area (Å²) in [6.07, 6.45) is -0.585. The summed E-state index contributed by atoms with van der Waals surface area (Å²) in [5.41, 5.74) is 6.10. The van der Waals surface area contributed by atoms with Crippen molar-refractivity contribution in [3.8, 4) is 6.07 Å². The molecule has 0 aliphatic heterocycles. The van der Waals surface area contributed by atoms with Crippen LogP contribution in [0.25, 0.3) is 0 Å². The molecule has 0 aliphatic carbocycles. The monoisotopic (exact) mass is 233 g/mol. The third kappa shape index (κ3) is 5.00. The van der Waals surface area contributed by atoms with E-state index in [-0.39, 0.29) is 6.61 Å². The molecule has 1 rings (SSSR count). The van der Waals surface area contributed by atoms with Crippen molar-refractivity contribution in [2.75, 3.05) is 11.9 Å². The van der Waals surface area contributed by atoms with Crippen LogP contribution in [0.1, 0.15) is 19.4 Å². The van der Waals surface area contributed by atoms with E-state index in [4.69, 9.17) is 15.7 Å². The van der Waals surface area contributed by atoms with Gasteiger partial charge in [0.2, 0.25) is 0 Å². The molecule has 5 heteroatoms. The summed E-state index contributed by atoms with van der Waals surface area (Å²) in [5, 5.41) is 11.2. The maximum atomic E-state index is 11.4. The average molecular weight is 233 g/mol. The highest BCUT2D eigenvalue weighted by Gasteiger charge is 2.14. The number of nitrogens with two attached hydrogens (primary N) is 1. The quantitative estimate of drug-likeness (QED) is 0.833. The smallest absolute Gasteiger partial charge is 0.411 e. The van der Waals surface area contributed by atoms with Gasteiger partial charge in [-0.15, -0.1) is 0 Å². The number of nitrogens with one attached hydrogen (secondary N) is 1. The molecule has 0 bridgehead atoms.